The maximum Gasteiger partial charge on any atom is 0.0175 e. The first-order valence-electron chi connectivity index (χ1n) is 7.75. The van der Waals surface area contributed by atoms with Crippen molar-refractivity contribution in [2.45, 2.75) is 32.6 Å². The Labute approximate surface area is 140 Å². The Morgan fingerprint density at radius 1 is 1.19 bits per heavy atom. The maximum atomic E-state index is 3.59. The number of nitrogens with one attached hydrogen (secondary N) is 1. The molecule has 0 fully saturated rings. The third-order valence-corrected chi connectivity index (χ3v) is 5.14. The molecule has 0 aliphatic heterocycles. The zero-order chi connectivity index (χ0) is 14.9. The zero-order valence-corrected chi connectivity index (χ0v) is 15.1. The van der Waals surface area contributed by atoms with Crippen LogP contribution >= 0.6 is 27.3 Å². The summed E-state index contributed by atoms with van der Waals surface area (Å²) in [6.07, 6.45) is 4.82. The average Bonchev–Trinajstić information content (AvgIpc) is 3.00. The fourth-order valence-corrected chi connectivity index (χ4v) is 3.50. The first kappa shape index (κ1) is 16.7. The van der Waals surface area contributed by atoms with E-state index in [-0.39, 0.29) is 0 Å². The molecule has 1 nitrogen and oxygen atoms in total. The summed E-state index contributed by atoms with van der Waals surface area (Å²) in [6, 6.07) is 13.2. The van der Waals surface area contributed by atoms with Crippen LogP contribution in [0.25, 0.3) is 0 Å². The lowest BCUT2D eigenvalue weighted by Gasteiger charge is -2.17. The summed E-state index contributed by atoms with van der Waals surface area (Å²) in [5.74, 6) is 0.708. The minimum atomic E-state index is 0.708. The van der Waals surface area contributed by atoms with Gasteiger partial charge in [0.05, 0.1) is 0 Å². The highest BCUT2D eigenvalue weighted by molar-refractivity contribution is 9.10. The van der Waals surface area contributed by atoms with E-state index in [0.29, 0.717) is 5.92 Å². The molecule has 1 heterocycles. The van der Waals surface area contributed by atoms with E-state index in [1.165, 1.54) is 29.7 Å². The van der Waals surface area contributed by atoms with E-state index in [1.54, 1.807) is 0 Å². The Bertz CT molecular complexity index is 492. The van der Waals surface area contributed by atoms with E-state index < -0.39 is 0 Å². The quantitative estimate of drug-likeness (QED) is 0.594. The summed E-state index contributed by atoms with van der Waals surface area (Å²) in [5.41, 5.74) is 1.44. The van der Waals surface area contributed by atoms with Crippen LogP contribution in [0.2, 0.25) is 0 Å². The summed E-state index contributed by atoms with van der Waals surface area (Å²) in [5, 5.41) is 5.77. The molecule has 0 bridgehead atoms. The SMILES string of the molecule is CCCNCC(CCc1cccs1)Cc1ccc(Br)cc1. The molecule has 0 aliphatic carbocycles. The minimum absolute atomic E-state index is 0.708. The van der Waals surface area contributed by atoms with Gasteiger partial charge in [-0.2, -0.15) is 0 Å². The topological polar surface area (TPSA) is 12.0 Å². The smallest absolute Gasteiger partial charge is 0.0175 e. The molecule has 1 unspecified atom stereocenters. The van der Waals surface area contributed by atoms with Gasteiger partial charge in [0.1, 0.15) is 0 Å². The van der Waals surface area contributed by atoms with Crippen molar-refractivity contribution in [2.24, 2.45) is 5.92 Å². The van der Waals surface area contributed by atoms with Crippen LogP contribution in [-0.2, 0) is 12.8 Å². The largest absolute Gasteiger partial charge is 0.316 e. The molecule has 0 radical (unpaired) electrons. The van der Waals surface area contributed by atoms with E-state index >= 15 is 0 Å². The van der Waals surface area contributed by atoms with Crippen LogP contribution < -0.4 is 5.32 Å². The van der Waals surface area contributed by atoms with Crippen LogP contribution in [0.5, 0.6) is 0 Å². The normalized spacial score (nSPS) is 12.5. The second-order valence-electron chi connectivity index (χ2n) is 5.52. The summed E-state index contributed by atoms with van der Waals surface area (Å²) in [4.78, 5) is 1.51. The Kier molecular flexibility index (Phi) is 7.48. The minimum Gasteiger partial charge on any atom is -0.316 e. The number of halogens is 1. The van der Waals surface area contributed by atoms with Gasteiger partial charge in [0.15, 0.2) is 0 Å². The summed E-state index contributed by atoms with van der Waals surface area (Å²) in [7, 11) is 0. The first-order chi connectivity index (χ1) is 10.3. The average molecular weight is 366 g/mol. The highest BCUT2D eigenvalue weighted by atomic mass is 79.9. The molecule has 114 valence electrons. The number of thiophene rings is 1. The fourth-order valence-electron chi connectivity index (χ4n) is 2.51. The molecule has 2 aromatic rings. The van der Waals surface area contributed by atoms with Gasteiger partial charge in [0.25, 0.3) is 0 Å². The van der Waals surface area contributed by atoms with Crippen LogP contribution in [0, 0.1) is 5.92 Å². The summed E-state index contributed by atoms with van der Waals surface area (Å²) in [6.45, 7) is 4.47. The van der Waals surface area contributed by atoms with Gasteiger partial charge in [-0.05, 0) is 73.8 Å². The third-order valence-electron chi connectivity index (χ3n) is 3.68. The van der Waals surface area contributed by atoms with Gasteiger partial charge in [-0.3, -0.25) is 0 Å². The lowest BCUT2D eigenvalue weighted by Crippen LogP contribution is -2.25. The van der Waals surface area contributed by atoms with E-state index in [0.717, 1.165) is 24.0 Å². The molecule has 0 saturated carbocycles. The fraction of sp³-hybridized carbons (Fsp3) is 0.444. The van der Waals surface area contributed by atoms with E-state index in [2.05, 4.69) is 69.9 Å². The number of hydrogen-bond acceptors (Lipinski definition) is 2. The van der Waals surface area contributed by atoms with Gasteiger partial charge in [-0.25, -0.2) is 0 Å². The van der Waals surface area contributed by atoms with E-state index in [9.17, 15) is 0 Å². The molecule has 0 spiro atoms. The predicted molar refractivity (Wildman–Crippen MR) is 97.1 cm³/mol. The van der Waals surface area contributed by atoms with Gasteiger partial charge in [-0.1, -0.05) is 41.1 Å². The summed E-state index contributed by atoms with van der Waals surface area (Å²) >= 11 is 5.38. The Morgan fingerprint density at radius 3 is 2.67 bits per heavy atom. The van der Waals surface area contributed by atoms with E-state index in [4.69, 9.17) is 0 Å². The Balaban J connectivity index is 1.88. The van der Waals surface area contributed by atoms with Crippen LogP contribution in [0.1, 0.15) is 30.2 Å². The van der Waals surface area contributed by atoms with Crippen LogP contribution in [0.15, 0.2) is 46.3 Å². The number of rotatable bonds is 9. The highest BCUT2D eigenvalue weighted by Gasteiger charge is 2.10. The lowest BCUT2D eigenvalue weighted by molar-refractivity contribution is 0.445. The van der Waals surface area contributed by atoms with Gasteiger partial charge >= 0.3 is 0 Å². The van der Waals surface area contributed by atoms with Gasteiger partial charge in [-0.15, -0.1) is 11.3 Å². The van der Waals surface area contributed by atoms with Crippen molar-refractivity contribution < 1.29 is 0 Å². The van der Waals surface area contributed by atoms with Crippen LogP contribution in [0.4, 0.5) is 0 Å². The van der Waals surface area contributed by atoms with Crippen molar-refractivity contribution in [1.82, 2.24) is 5.32 Å². The predicted octanol–water partition coefficient (Wildman–Crippen LogP) is 5.30. The highest BCUT2D eigenvalue weighted by Crippen LogP contribution is 2.19. The molecule has 2 rings (SSSR count). The van der Waals surface area contributed by atoms with Gasteiger partial charge in [0, 0.05) is 9.35 Å². The molecule has 1 aromatic carbocycles. The summed E-state index contributed by atoms with van der Waals surface area (Å²) < 4.78 is 1.16. The van der Waals surface area contributed by atoms with Gasteiger partial charge < -0.3 is 5.32 Å². The molecule has 0 amide bonds. The van der Waals surface area contributed by atoms with Crippen LogP contribution in [-0.4, -0.2) is 13.1 Å². The maximum absolute atomic E-state index is 3.59. The van der Waals surface area contributed by atoms with Crippen molar-refractivity contribution >= 4 is 27.3 Å². The standard InChI is InChI=1S/C18H24BrNS/c1-2-11-20-14-16(7-10-18-4-3-12-21-18)13-15-5-8-17(19)9-6-15/h3-6,8-9,12,16,20H,2,7,10-11,13-14H2,1H3. The van der Waals surface area contributed by atoms with Crippen LogP contribution in [0.3, 0.4) is 0 Å². The molecule has 0 aliphatic rings. The monoisotopic (exact) mass is 365 g/mol. The van der Waals surface area contributed by atoms with E-state index in [1.807, 2.05) is 11.3 Å². The molecule has 3 heteroatoms. The van der Waals surface area contributed by atoms with Crippen molar-refractivity contribution in [3.05, 3.63) is 56.7 Å². The zero-order valence-electron chi connectivity index (χ0n) is 12.6. The second kappa shape index (κ2) is 9.39. The molecule has 1 aromatic heterocycles. The first-order valence-corrected chi connectivity index (χ1v) is 9.42. The molecular weight excluding hydrogens is 342 g/mol. The van der Waals surface area contributed by atoms with Crippen molar-refractivity contribution in [2.75, 3.05) is 13.1 Å². The Morgan fingerprint density at radius 2 is 2.00 bits per heavy atom. The number of benzene rings is 1. The van der Waals surface area contributed by atoms with Crippen molar-refractivity contribution in [1.29, 1.82) is 0 Å². The molecular formula is C18H24BrNS. The van der Waals surface area contributed by atoms with Gasteiger partial charge in [0.2, 0.25) is 0 Å². The number of hydrogen-bond donors (Lipinski definition) is 1. The van der Waals surface area contributed by atoms with Crippen molar-refractivity contribution in [3.8, 4) is 0 Å². The number of aryl methyl sites for hydroxylation is 1. The molecule has 1 atom stereocenters. The molecule has 0 saturated heterocycles. The molecule has 1 N–H and O–H groups in total. The third kappa shape index (κ3) is 6.33. The lowest BCUT2D eigenvalue weighted by atomic mass is 9.94. The van der Waals surface area contributed by atoms with Crippen molar-refractivity contribution in [3.63, 3.8) is 0 Å². The molecule has 21 heavy (non-hydrogen) atoms. The second-order valence-corrected chi connectivity index (χ2v) is 7.47. The Hall–Kier alpha value is -0.640.